The number of hydrogen-bond acceptors (Lipinski definition) is 3. The van der Waals surface area contributed by atoms with Crippen molar-refractivity contribution in [2.45, 2.75) is 6.92 Å². The number of halogens is 1. The maximum Gasteiger partial charge on any atom is 0.354 e. The van der Waals surface area contributed by atoms with Crippen LogP contribution in [0.25, 0.3) is 0 Å². The van der Waals surface area contributed by atoms with Gasteiger partial charge in [-0.2, -0.15) is 0 Å². The predicted octanol–water partition coefficient (Wildman–Crippen LogP) is 2.01. The van der Waals surface area contributed by atoms with Gasteiger partial charge < -0.3 is 10.0 Å². The molecular weight excluding hydrogens is 274 g/mol. The molecule has 6 heteroatoms. The van der Waals surface area contributed by atoms with Crippen molar-refractivity contribution in [3.8, 4) is 0 Å². The van der Waals surface area contributed by atoms with Gasteiger partial charge in [0.2, 0.25) is 0 Å². The minimum absolute atomic E-state index is 0.105. The standard InChI is InChI=1S/C7H6BrNO2.C3H8N2/c1-4-2-5(8)3-9-6(4)7(10)11;1-5(2)3-4/h2-3H,1H3,(H,10,11);3-4H,1-2H3. The highest BCUT2D eigenvalue weighted by Gasteiger charge is 2.07. The molecule has 0 aliphatic carbocycles. The highest BCUT2D eigenvalue weighted by atomic mass is 79.9. The van der Waals surface area contributed by atoms with Crippen LogP contribution in [0.2, 0.25) is 0 Å². The Bertz CT molecular complexity index is 380. The summed E-state index contributed by atoms with van der Waals surface area (Å²) in [6.45, 7) is 1.71. The molecule has 0 saturated carbocycles. The van der Waals surface area contributed by atoms with E-state index >= 15 is 0 Å². The first kappa shape index (κ1) is 14.6. The molecule has 0 amide bonds. The fraction of sp³-hybridized carbons (Fsp3) is 0.300. The Hall–Kier alpha value is -1.43. The summed E-state index contributed by atoms with van der Waals surface area (Å²) >= 11 is 3.19. The zero-order valence-electron chi connectivity index (χ0n) is 9.36. The number of nitrogens with zero attached hydrogens (tertiary/aromatic N) is 2. The van der Waals surface area contributed by atoms with E-state index in [1.165, 1.54) is 12.5 Å². The molecule has 1 aromatic rings. The first-order valence-electron chi connectivity index (χ1n) is 4.41. The zero-order chi connectivity index (χ0) is 12.7. The van der Waals surface area contributed by atoms with Crippen LogP contribution < -0.4 is 0 Å². The molecule has 0 aromatic carbocycles. The van der Waals surface area contributed by atoms with Gasteiger partial charge in [0.25, 0.3) is 0 Å². The summed E-state index contributed by atoms with van der Waals surface area (Å²) in [6.07, 6.45) is 2.72. The van der Waals surface area contributed by atoms with Crippen molar-refractivity contribution in [1.82, 2.24) is 9.88 Å². The number of aryl methyl sites for hydroxylation is 1. The maximum absolute atomic E-state index is 10.5. The van der Waals surface area contributed by atoms with E-state index in [0.717, 1.165) is 4.47 Å². The van der Waals surface area contributed by atoms with E-state index in [9.17, 15) is 4.79 Å². The largest absolute Gasteiger partial charge is 0.477 e. The van der Waals surface area contributed by atoms with Gasteiger partial charge in [-0.15, -0.1) is 0 Å². The summed E-state index contributed by atoms with van der Waals surface area (Å²) in [4.78, 5) is 15.9. The van der Waals surface area contributed by atoms with Crippen LogP contribution in [0, 0.1) is 12.3 Å². The summed E-state index contributed by atoms with van der Waals surface area (Å²) in [5.74, 6) is -0.991. The first-order valence-corrected chi connectivity index (χ1v) is 5.20. The van der Waals surface area contributed by atoms with Gasteiger partial charge >= 0.3 is 5.97 Å². The molecule has 0 fully saturated rings. The Labute approximate surface area is 103 Å². The third-order valence-corrected chi connectivity index (χ3v) is 1.94. The van der Waals surface area contributed by atoms with Crippen LogP contribution >= 0.6 is 15.9 Å². The lowest BCUT2D eigenvalue weighted by atomic mass is 10.2. The Balaban J connectivity index is 0.000000385. The van der Waals surface area contributed by atoms with Crippen LogP contribution in [0.3, 0.4) is 0 Å². The molecule has 0 aliphatic heterocycles. The SMILES string of the molecule is CN(C)C=N.Cc1cc(Br)cnc1C(=O)O. The molecule has 5 nitrogen and oxygen atoms in total. The molecule has 0 aliphatic rings. The molecule has 0 bridgehead atoms. The number of hydrogen-bond donors (Lipinski definition) is 2. The summed E-state index contributed by atoms with van der Waals surface area (Å²) in [5, 5.41) is 15.0. The van der Waals surface area contributed by atoms with Crippen molar-refractivity contribution in [3.05, 3.63) is 28.0 Å². The molecule has 0 radical (unpaired) electrons. The van der Waals surface area contributed by atoms with Crippen molar-refractivity contribution in [1.29, 1.82) is 5.41 Å². The van der Waals surface area contributed by atoms with Gasteiger partial charge in [0.05, 0.1) is 6.34 Å². The Kier molecular flexibility index (Phi) is 6.32. The number of pyridine rings is 1. The fourth-order valence-corrected chi connectivity index (χ4v) is 1.21. The molecule has 2 N–H and O–H groups in total. The minimum Gasteiger partial charge on any atom is -0.477 e. The number of aromatic nitrogens is 1. The van der Waals surface area contributed by atoms with E-state index in [1.54, 1.807) is 17.9 Å². The highest BCUT2D eigenvalue weighted by Crippen LogP contribution is 2.12. The molecule has 1 aromatic heterocycles. The molecule has 0 unspecified atom stereocenters. The molecule has 0 saturated heterocycles. The smallest absolute Gasteiger partial charge is 0.354 e. The minimum atomic E-state index is -0.991. The van der Waals surface area contributed by atoms with E-state index in [-0.39, 0.29) is 5.69 Å². The van der Waals surface area contributed by atoms with Gasteiger partial charge in [0, 0.05) is 24.8 Å². The lowest BCUT2D eigenvalue weighted by Gasteiger charge is -1.98. The summed E-state index contributed by atoms with van der Waals surface area (Å²) in [5.41, 5.74) is 0.764. The van der Waals surface area contributed by atoms with Crippen molar-refractivity contribution in [2.24, 2.45) is 0 Å². The summed E-state index contributed by atoms with van der Waals surface area (Å²) < 4.78 is 0.792. The van der Waals surface area contributed by atoms with Gasteiger partial charge in [0.1, 0.15) is 0 Å². The van der Waals surface area contributed by atoms with Crippen molar-refractivity contribution >= 4 is 28.2 Å². The lowest BCUT2D eigenvalue weighted by Crippen LogP contribution is -2.05. The summed E-state index contributed by atoms with van der Waals surface area (Å²) in [7, 11) is 3.62. The van der Waals surface area contributed by atoms with Crippen LogP contribution in [-0.2, 0) is 0 Å². The molecule has 88 valence electrons. The molecule has 1 heterocycles. The number of rotatable bonds is 2. The summed E-state index contributed by atoms with van der Waals surface area (Å²) in [6, 6.07) is 1.72. The highest BCUT2D eigenvalue weighted by molar-refractivity contribution is 9.10. The number of carboxylic acids is 1. The van der Waals surface area contributed by atoms with Crippen molar-refractivity contribution < 1.29 is 9.90 Å². The number of carboxylic acid groups (broad SMARTS) is 1. The van der Waals surface area contributed by atoms with E-state index in [0.29, 0.717) is 5.56 Å². The van der Waals surface area contributed by atoms with E-state index in [2.05, 4.69) is 20.9 Å². The van der Waals surface area contributed by atoms with Crippen molar-refractivity contribution in [3.63, 3.8) is 0 Å². The van der Waals surface area contributed by atoms with Gasteiger partial charge in [-0.3, -0.25) is 5.41 Å². The van der Waals surface area contributed by atoms with E-state index in [1.807, 2.05) is 14.1 Å². The maximum atomic E-state index is 10.5. The zero-order valence-corrected chi connectivity index (χ0v) is 10.9. The number of carbonyl (C=O) groups is 1. The molecule has 0 atom stereocenters. The van der Waals surface area contributed by atoms with E-state index in [4.69, 9.17) is 10.5 Å². The second kappa shape index (κ2) is 6.95. The van der Waals surface area contributed by atoms with E-state index < -0.39 is 5.97 Å². The molecule has 1 rings (SSSR count). The lowest BCUT2D eigenvalue weighted by molar-refractivity contribution is 0.0689. The molecular formula is C10H14BrN3O2. The quantitative estimate of drug-likeness (QED) is 0.644. The molecule has 0 spiro atoms. The number of aromatic carboxylic acids is 1. The monoisotopic (exact) mass is 287 g/mol. The first-order chi connectivity index (χ1) is 7.38. The van der Waals surface area contributed by atoms with Crippen LogP contribution in [0.15, 0.2) is 16.7 Å². The second-order valence-corrected chi connectivity index (χ2v) is 4.13. The van der Waals surface area contributed by atoms with Crippen LogP contribution in [0.1, 0.15) is 16.1 Å². The Morgan fingerprint density at radius 2 is 2.12 bits per heavy atom. The third-order valence-electron chi connectivity index (χ3n) is 1.51. The van der Waals surface area contributed by atoms with Gasteiger partial charge in [-0.25, -0.2) is 9.78 Å². The van der Waals surface area contributed by atoms with Crippen molar-refractivity contribution in [2.75, 3.05) is 14.1 Å². The normalized spacial score (nSPS) is 8.75. The van der Waals surface area contributed by atoms with Gasteiger partial charge in [-0.05, 0) is 34.5 Å². The topological polar surface area (TPSA) is 77.3 Å². The average Bonchev–Trinajstić information content (AvgIpc) is 2.17. The Morgan fingerprint density at radius 1 is 1.62 bits per heavy atom. The predicted molar refractivity (Wildman–Crippen MR) is 66.1 cm³/mol. The second-order valence-electron chi connectivity index (χ2n) is 3.22. The van der Waals surface area contributed by atoms with Crippen LogP contribution in [0.4, 0.5) is 0 Å². The average molecular weight is 288 g/mol. The number of nitrogens with one attached hydrogen (secondary N) is 1. The van der Waals surface area contributed by atoms with Crippen LogP contribution in [0.5, 0.6) is 0 Å². The van der Waals surface area contributed by atoms with Gasteiger partial charge in [0.15, 0.2) is 5.69 Å². The van der Waals surface area contributed by atoms with Crippen LogP contribution in [-0.4, -0.2) is 41.4 Å². The third kappa shape index (κ3) is 5.45. The van der Waals surface area contributed by atoms with Gasteiger partial charge in [-0.1, -0.05) is 0 Å². The fourth-order valence-electron chi connectivity index (χ4n) is 0.764. The Morgan fingerprint density at radius 3 is 2.44 bits per heavy atom. The molecule has 16 heavy (non-hydrogen) atoms.